The zero-order valence-electron chi connectivity index (χ0n) is 14.4. The molecule has 0 fully saturated rings. The molecule has 9 heteroatoms. The number of fused-ring (bicyclic) bond motifs is 3. The van der Waals surface area contributed by atoms with E-state index in [4.69, 9.17) is 0 Å². The fourth-order valence-corrected chi connectivity index (χ4v) is 2.83. The topological polar surface area (TPSA) is 111 Å². The Kier molecular flexibility index (Phi) is 3.68. The first-order valence-electron chi connectivity index (χ1n) is 8.44. The first-order chi connectivity index (χ1) is 13.8. The van der Waals surface area contributed by atoms with E-state index in [9.17, 15) is 4.79 Å². The fourth-order valence-electron chi connectivity index (χ4n) is 2.83. The molecule has 0 saturated carbocycles. The van der Waals surface area contributed by atoms with Crippen LogP contribution in [0, 0.1) is 0 Å². The maximum Gasteiger partial charge on any atom is 0.293 e. The standard InChI is InChI=1S/C19H12N8O/c28-18-14(7-3-4-8-22-18)24-19-23-13-6-2-1-5-12(13)17-25-16(26-27(17)19)15-11-20-9-10-21-15/h1-11H,(H,22,23,24,28). The molecule has 0 aliphatic carbocycles. The van der Waals surface area contributed by atoms with E-state index in [2.05, 4.69) is 35.3 Å². The minimum atomic E-state index is -0.401. The Morgan fingerprint density at radius 2 is 1.79 bits per heavy atom. The van der Waals surface area contributed by atoms with Gasteiger partial charge in [-0.25, -0.2) is 19.9 Å². The van der Waals surface area contributed by atoms with E-state index < -0.39 is 5.56 Å². The number of benzene rings is 1. The maximum atomic E-state index is 12.2. The monoisotopic (exact) mass is 368 g/mol. The molecule has 0 atom stereocenters. The van der Waals surface area contributed by atoms with E-state index in [0.717, 1.165) is 10.9 Å². The summed E-state index contributed by atoms with van der Waals surface area (Å²) < 4.78 is 1.55. The van der Waals surface area contributed by atoms with Crippen LogP contribution in [0.25, 0.3) is 28.1 Å². The van der Waals surface area contributed by atoms with Crippen molar-refractivity contribution in [2.45, 2.75) is 0 Å². The van der Waals surface area contributed by atoms with Crippen LogP contribution in [0.5, 0.6) is 0 Å². The van der Waals surface area contributed by atoms with Gasteiger partial charge in [-0.05, 0) is 24.3 Å². The fraction of sp³-hybridized carbons (Fsp3) is 0. The second kappa shape index (κ2) is 6.47. The number of rotatable bonds is 3. The van der Waals surface area contributed by atoms with E-state index in [-0.39, 0.29) is 5.69 Å². The number of nitrogens with one attached hydrogen (secondary N) is 1. The zero-order chi connectivity index (χ0) is 18.9. The third-order valence-electron chi connectivity index (χ3n) is 4.10. The van der Waals surface area contributed by atoms with Crippen LogP contribution >= 0.6 is 0 Å². The summed E-state index contributed by atoms with van der Waals surface area (Å²) in [5, 5.41) is 8.39. The summed E-state index contributed by atoms with van der Waals surface area (Å²) in [6.07, 6.45) is 6.20. The maximum absolute atomic E-state index is 12.2. The van der Waals surface area contributed by atoms with Crippen molar-refractivity contribution in [3.8, 4) is 11.5 Å². The highest BCUT2D eigenvalue weighted by atomic mass is 16.1. The Labute approximate surface area is 157 Å². The van der Waals surface area contributed by atoms with Gasteiger partial charge >= 0.3 is 0 Å². The number of hydrogen-bond donors (Lipinski definition) is 1. The minimum absolute atomic E-state index is 0.283. The molecule has 134 valence electrons. The average molecular weight is 368 g/mol. The molecule has 9 nitrogen and oxygen atoms in total. The van der Waals surface area contributed by atoms with Gasteiger partial charge in [0.15, 0.2) is 5.65 Å². The van der Waals surface area contributed by atoms with E-state index in [0.29, 0.717) is 23.1 Å². The molecule has 5 rings (SSSR count). The normalized spacial score (nSPS) is 11.0. The molecular weight excluding hydrogens is 356 g/mol. The van der Waals surface area contributed by atoms with Crippen LogP contribution in [-0.2, 0) is 0 Å². The van der Waals surface area contributed by atoms with E-state index >= 15 is 0 Å². The molecule has 0 amide bonds. The van der Waals surface area contributed by atoms with Crippen molar-refractivity contribution in [2.24, 2.45) is 0 Å². The lowest BCUT2D eigenvalue weighted by Crippen LogP contribution is -2.11. The van der Waals surface area contributed by atoms with Gasteiger partial charge in [0.2, 0.25) is 11.8 Å². The second-order valence-corrected chi connectivity index (χ2v) is 5.89. The largest absolute Gasteiger partial charge is 0.319 e. The summed E-state index contributed by atoms with van der Waals surface area (Å²) >= 11 is 0. The van der Waals surface area contributed by atoms with E-state index in [1.54, 1.807) is 41.3 Å². The number of anilines is 2. The lowest BCUT2D eigenvalue weighted by molar-refractivity contribution is 0.943. The molecule has 0 bridgehead atoms. The number of nitrogens with zero attached hydrogens (tertiary/aromatic N) is 7. The minimum Gasteiger partial charge on any atom is -0.319 e. The summed E-state index contributed by atoms with van der Waals surface area (Å²) in [6.45, 7) is 0. The Balaban J connectivity index is 1.77. The van der Waals surface area contributed by atoms with Gasteiger partial charge in [-0.1, -0.05) is 18.2 Å². The van der Waals surface area contributed by atoms with Crippen molar-refractivity contribution in [1.82, 2.24) is 34.5 Å². The average Bonchev–Trinajstić information content (AvgIpc) is 3.09. The molecule has 4 heterocycles. The predicted molar refractivity (Wildman–Crippen MR) is 103 cm³/mol. The molecule has 4 aromatic heterocycles. The van der Waals surface area contributed by atoms with Crippen LogP contribution in [0.15, 0.2) is 72.0 Å². The first kappa shape index (κ1) is 15.9. The van der Waals surface area contributed by atoms with Gasteiger partial charge in [-0.3, -0.25) is 9.78 Å². The number of aromatic nitrogens is 7. The summed E-state index contributed by atoms with van der Waals surface area (Å²) in [5.74, 6) is 0.759. The van der Waals surface area contributed by atoms with Gasteiger partial charge in [0.05, 0.1) is 11.7 Å². The second-order valence-electron chi connectivity index (χ2n) is 5.89. The number of para-hydroxylation sites is 1. The van der Waals surface area contributed by atoms with Crippen molar-refractivity contribution in [3.05, 3.63) is 77.6 Å². The van der Waals surface area contributed by atoms with Crippen molar-refractivity contribution >= 4 is 28.2 Å². The van der Waals surface area contributed by atoms with Gasteiger partial charge in [0.25, 0.3) is 5.56 Å². The Morgan fingerprint density at radius 3 is 2.68 bits per heavy atom. The van der Waals surface area contributed by atoms with Crippen LogP contribution in [0.3, 0.4) is 0 Å². The molecule has 0 aliphatic rings. The SMILES string of the molecule is O=c1nccccc1Nc1nc2ccccc2c2nc(-c3cnccn3)nn12. The molecular formula is C19H12N8O. The summed E-state index contributed by atoms with van der Waals surface area (Å²) in [6, 6.07) is 12.6. The van der Waals surface area contributed by atoms with Crippen LogP contribution in [-0.4, -0.2) is 34.5 Å². The van der Waals surface area contributed by atoms with Gasteiger partial charge in [0.1, 0.15) is 11.4 Å². The summed E-state index contributed by atoms with van der Waals surface area (Å²) in [4.78, 5) is 33.6. The summed E-state index contributed by atoms with van der Waals surface area (Å²) in [7, 11) is 0. The highest BCUT2D eigenvalue weighted by Gasteiger charge is 2.16. The first-order valence-corrected chi connectivity index (χ1v) is 8.44. The molecule has 0 radical (unpaired) electrons. The summed E-state index contributed by atoms with van der Waals surface area (Å²) in [5.41, 5.74) is 1.73. The van der Waals surface area contributed by atoms with Crippen LogP contribution in [0.4, 0.5) is 11.6 Å². The third-order valence-corrected chi connectivity index (χ3v) is 4.10. The molecule has 1 N–H and O–H groups in total. The van der Waals surface area contributed by atoms with Crippen molar-refractivity contribution in [3.63, 3.8) is 0 Å². The lowest BCUT2D eigenvalue weighted by atomic mass is 10.2. The lowest BCUT2D eigenvalue weighted by Gasteiger charge is -2.07. The molecule has 0 saturated heterocycles. The zero-order valence-corrected chi connectivity index (χ0v) is 14.4. The quantitative estimate of drug-likeness (QED) is 0.516. The van der Waals surface area contributed by atoms with Crippen LogP contribution in [0.2, 0.25) is 0 Å². The van der Waals surface area contributed by atoms with E-state index in [1.165, 1.54) is 6.20 Å². The molecule has 1 aromatic carbocycles. The Bertz CT molecular complexity index is 1370. The predicted octanol–water partition coefficient (Wildman–Crippen LogP) is 2.23. The highest BCUT2D eigenvalue weighted by Crippen LogP contribution is 2.24. The Hall–Kier alpha value is -4.27. The van der Waals surface area contributed by atoms with Crippen molar-refractivity contribution in [1.29, 1.82) is 0 Å². The van der Waals surface area contributed by atoms with Crippen LogP contribution in [0.1, 0.15) is 0 Å². The van der Waals surface area contributed by atoms with Crippen LogP contribution < -0.4 is 10.9 Å². The smallest absolute Gasteiger partial charge is 0.293 e. The van der Waals surface area contributed by atoms with E-state index in [1.807, 2.05) is 24.3 Å². The molecule has 5 aromatic rings. The molecule has 0 unspecified atom stereocenters. The van der Waals surface area contributed by atoms with Gasteiger partial charge in [-0.2, -0.15) is 4.52 Å². The molecule has 28 heavy (non-hydrogen) atoms. The number of hydrogen-bond acceptors (Lipinski definition) is 8. The van der Waals surface area contributed by atoms with Crippen molar-refractivity contribution < 1.29 is 0 Å². The highest BCUT2D eigenvalue weighted by molar-refractivity contribution is 5.93. The van der Waals surface area contributed by atoms with Gasteiger partial charge in [0, 0.05) is 24.0 Å². The molecule has 0 aliphatic heterocycles. The van der Waals surface area contributed by atoms with Gasteiger partial charge < -0.3 is 5.32 Å². The third kappa shape index (κ3) is 2.71. The Morgan fingerprint density at radius 1 is 0.893 bits per heavy atom. The van der Waals surface area contributed by atoms with Crippen molar-refractivity contribution in [2.75, 3.05) is 5.32 Å². The van der Waals surface area contributed by atoms with Gasteiger partial charge in [-0.15, -0.1) is 5.10 Å². The molecule has 0 spiro atoms.